The molecule has 1 saturated heterocycles. The van der Waals surface area contributed by atoms with Gasteiger partial charge in [-0.05, 0) is 70.6 Å². The number of thioether (sulfide) groups is 1. The van der Waals surface area contributed by atoms with Crippen molar-refractivity contribution in [3.63, 3.8) is 0 Å². The number of amides is 2. The van der Waals surface area contributed by atoms with Crippen LogP contribution < -0.4 is 4.74 Å². The maximum Gasteiger partial charge on any atom is 0.573 e. The molecule has 0 N–H and O–H groups in total. The maximum absolute atomic E-state index is 12.9. The molecule has 0 atom stereocenters. The van der Waals surface area contributed by atoms with E-state index in [-0.39, 0.29) is 22.4 Å². The van der Waals surface area contributed by atoms with Gasteiger partial charge in [-0.3, -0.25) is 14.5 Å². The predicted molar refractivity (Wildman–Crippen MR) is 126 cm³/mol. The number of fused-ring (bicyclic) bond motifs is 1. The average molecular weight is 495 g/mol. The Morgan fingerprint density at radius 2 is 1.66 bits per heavy atom. The third-order valence-corrected chi connectivity index (χ3v) is 6.21. The van der Waals surface area contributed by atoms with E-state index < -0.39 is 12.3 Å². The standard InChI is InChI=1S/C26H16F3NO4S/c27-26(28,29)34-20-9-7-18(8-10-20)22-12-11-21(33-22)14-23-24(31)30(25(32)35-23)15-16-5-6-17-3-1-2-4-19(17)13-16/h1-14H,15H2/b23-14-. The number of alkyl halides is 3. The van der Waals surface area contributed by atoms with Gasteiger partial charge in [-0.2, -0.15) is 0 Å². The zero-order valence-electron chi connectivity index (χ0n) is 17.9. The molecule has 1 aromatic heterocycles. The monoisotopic (exact) mass is 495 g/mol. The number of nitrogens with zero attached hydrogens (tertiary/aromatic N) is 1. The van der Waals surface area contributed by atoms with Gasteiger partial charge in [0.25, 0.3) is 11.1 Å². The number of hydrogen-bond acceptors (Lipinski definition) is 5. The second-order valence-electron chi connectivity index (χ2n) is 7.72. The largest absolute Gasteiger partial charge is 0.573 e. The molecule has 0 radical (unpaired) electrons. The number of rotatable bonds is 5. The molecule has 3 aromatic carbocycles. The molecule has 1 aliphatic rings. The summed E-state index contributed by atoms with van der Waals surface area (Å²) in [5.41, 5.74) is 1.37. The number of halogens is 3. The van der Waals surface area contributed by atoms with Crippen molar-refractivity contribution in [1.29, 1.82) is 0 Å². The number of carbonyl (C=O) groups excluding carboxylic acids is 2. The summed E-state index contributed by atoms with van der Waals surface area (Å²) >= 11 is 0.827. The van der Waals surface area contributed by atoms with E-state index in [0.717, 1.165) is 28.1 Å². The highest BCUT2D eigenvalue weighted by Gasteiger charge is 2.35. The van der Waals surface area contributed by atoms with Crippen molar-refractivity contribution >= 4 is 39.8 Å². The molecular weight excluding hydrogens is 479 g/mol. The average Bonchev–Trinajstić information content (AvgIpc) is 3.39. The highest BCUT2D eigenvalue weighted by Crippen LogP contribution is 2.35. The molecule has 0 bridgehead atoms. The lowest BCUT2D eigenvalue weighted by molar-refractivity contribution is -0.274. The molecule has 1 fully saturated rings. The van der Waals surface area contributed by atoms with E-state index in [9.17, 15) is 22.8 Å². The van der Waals surface area contributed by atoms with E-state index in [1.807, 2.05) is 42.5 Å². The molecule has 35 heavy (non-hydrogen) atoms. The Morgan fingerprint density at radius 3 is 2.40 bits per heavy atom. The van der Waals surface area contributed by atoms with Crippen molar-refractivity contribution in [3.8, 4) is 17.1 Å². The summed E-state index contributed by atoms with van der Waals surface area (Å²) in [7, 11) is 0. The van der Waals surface area contributed by atoms with Crippen molar-refractivity contribution in [2.75, 3.05) is 0 Å². The summed E-state index contributed by atoms with van der Waals surface area (Å²) in [4.78, 5) is 26.8. The Kier molecular flexibility index (Phi) is 5.86. The number of carbonyl (C=O) groups is 2. The van der Waals surface area contributed by atoms with Crippen LogP contribution in [0.5, 0.6) is 5.75 Å². The van der Waals surface area contributed by atoms with E-state index in [0.29, 0.717) is 17.1 Å². The normalized spacial score (nSPS) is 15.4. The van der Waals surface area contributed by atoms with Crippen molar-refractivity contribution in [2.24, 2.45) is 0 Å². The molecular formula is C26H16F3NO4S. The minimum atomic E-state index is -4.77. The van der Waals surface area contributed by atoms with Crippen molar-refractivity contribution in [1.82, 2.24) is 4.90 Å². The van der Waals surface area contributed by atoms with E-state index in [2.05, 4.69) is 4.74 Å². The van der Waals surface area contributed by atoms with Gasteiger partial charge in [-0.1, -0.05) is 36.4 Å². The van der Waals surface area contributed by atoms with Gasteiger partial charge in [0.15, 0.2) is 0 Å². The Morgan fingerprint density at radius 1 is 0.914 bits per heavy atom. The van der Waals surface area contributed by atoms with Crippen LogP contribution in [0.3, 0.4) is 0 Å². The number of benzene rings is 3. The quantitative estimate of drug-likeness (QED) is 0.273. The fourth-order valence-electron chi connectivity index (χ4n) is 3.69. The van der Waals surface area contributed by atoms with E-state index in [1.165, 1.54) is 35.2 Å². The predicted octanol–water partition coefficient (Wildman–Crippen LogP) is 7.23. The van der Waals surface area contributed by atoms with Crippen LogP contribution in [0.4, 0.5) is 18.0 Å². The van der Waals surface area contributed by atoms with Gasteiger partial charge in [0.1, 0.15) is 17.3 Å². The molecule has 4 aromatic rings. The number of furan rings is 1. The van der Waals surface area contributed by atoms with Gasteiger partial charge < -0.3 is 9.15 Å². The topological polar surface area (TPSA) is 59.8 Å². The molecule has 5 nitrogen and oxygen atoms in total. The Bertz CT molecular complexity index is 1460. The lowest BCUT2D eigenvalue weighted by atomic mass is 10.1. The minimum Gasteiger partial charge on any atom is -0.457 e. The summed E-state index contributed by atoms with van der Waals surface area (Å²) in [5, 5.41) is 1.72. The first-order valence-electron chi connectivity index (χ1n) is 10.4. The summed E-state index contributed by atoms with van der Waals surface area (Å²) in [6.07, 6.45) is -3.29. The number of hydrogen-bond donors (Lipinski definition) is 0. The molecule has 5 rings (SSSR count). The lowest BCUT2D eigenvalue weighted by Crippen LogP contribution is -2.27. The minimum absolute atomic E-state index is 0.155. The van der Waals surface area contributed by atoms with E-state index in [1.54, 1.807) is 12.1 Å². The van der Waals surface area contributed by atoms with Gasteiger partial charge in [0.2, 0.25) is 0 Å². The van der Waals surface area contributed by atoms with Gasteiger partial charge in [-0.15, -0.1) is 13.2 Å². The molecule has 0 spiro atoms. The first-order valence-corrected chi connectivity index (χ1v) is 11.3. The Balaban J connectivity index is 1.30. The molecule has 0 saturated carbocycles. The Hall–Kier alpha value is -3.98. The SMILES string of the molecule is O=C1S/C(=C\c2ccc(-c3ccc(OC(F)(F)F)cc3)o2)C(=O)N1Cc1ccc2ccccc2c1. The lowest BCUT2D eigenvalue weighted by Gasteiger charge is -2.13. The fraction of sp³-hybridized carbons (Fsp3) is 0.0769. The van der Waals surface area contributed by atoms with Crippen LogP contribution in [0.25, 0.3) is 28.2 Å². The first kappa shape index (κ1) is 22.8. The molecule has 1 aliphatic heterocycles. The Labute approximate surface area is 201 Å². The third-order valence-electron chi connectivity index (χ3n) is 5.30. The van der Waals surface area contributed by atoms with Crippen LogP contribution in [0.15, 0.2) is 88.2 Å². The van der Waals surface area contributed by atoms with Crippen LogP contribution in [-0.2, 0) is 11.3 Å². The summed E-state index contributed by atoms with van der Waals surface area (Å²) < 4.78 is 46.6. The van der Waals surface area contributed by atoms with Crippen LogP contribution in [0.2, 0.25) is 0 Å². The summed E-state index contributed by atoms with van der Waals surface area (Å²) in [6.45, 7) is 0.155. The van der Waals surface area contributed by atoms with Gasteiger partial charge >= 0.3 is 6.36 Å². The van der Waals surface area contributed by atoms with Gasteiger partial charge in [0.05, 0.1) is 11.4 Å². The van der Waals surface area contributed by atoms with E-state index in [4.69, 9.17) is 4.42 Å². The molecule has 2 heterocycles. The van der Waals surface area contributed by atoms with Crippen LogP contribution in [0, 0.1) is 0 Å². The van der Waals surface area contributed by atoms with E-state index >= 15 is 0 Å². The highest BCUT2D eigenvalue weighted by molar-refractivity contribution is 8.18. The second-order valence-corrected chi connectivity index (χ2v) is 8.72. The van der Waals surface area contributed by atoms with Gasteiger partial charge in [-0.25, -0.2) is 0 Å². The summed E-state index contributed by atoms with van der Waals surface area (Å²) in [6, 6.07) is 22.1. The maximum atomic E-state index is 12.9. The molecule has 0 aliphatic carbocycles. The van der Waals surface area contributed by atoms with Crippen LogP contribution in [-0.4, -0.2) is 22.4 Å². The van der Waals surface area contributed by atoms with Crippen molar-refractivity contribution < 1.29 is 31.9 Å². The van der Waals surface area contributed by atoms with Crippen LogP contribution >= 0.6 is 11.8 Å². The second kappa shape index (κ2) is 8.99. The zero-order valence-corrected chi connectivity index (χ0v) is 18.7. The number of imide groups is 1. The molecule has 176 valence electrons. The molecule has 2 amide bonds. The molecule has 9 heteroatoms. The van der Waals surface area contributed by atoms with Crippen molar-refractivity contribution in [2.45, 2.75) is 12.9 Å². The zero-order chi connectivity index (χ0) is 24.6. The third kappa shape index (κ3) is 5.09. The highest BCUT2D eigenvalue weighted by atomic mass is 32.2. The molecule has 0 unspecified atom stereocenters. The first-order chi connectivity index (χ1) is 16.7. The van der Waals surface area contributed by atoms with Crippen molar-refractivity contribution in [3.05, 3.63) is 95.1 Å². The summed E-state index contributed by atoms with van der Waals surface area (Å²) in [5.74, 6) is -0.0232. The smallest absolute Gasteiger partial charge is 0.457 e. The fourth-order valence-corrected chi connectivity index (χ4v) is 4.51. The van der Waals surface area contributed by atoms with Gasteiger partial charge in [0, 0.05) is 11.6 Å². The number of ether oxygens (including phenoxy) is 1. The van der Waals surface area contributed by atoms with Crippen LogP contribution in [0.1, 0.15) is 11.3 Å².